The van der Waals surface area contributed by atoms with Crippen LogP contribution in [0.25, 0.3) is 0 Å². The third-order valence-electron chi connectivity index (χ3n) is 4.18. The van der Waals surface area contributed by atoms with E-state index in [9.17, 15) is 19.3 Å². The predicted octanol–water partition coefficient (Wildman–Crippen LogP) is 2.90. The smallest absolute Gasteiger partial charge is 0.312 e. The molecule has 0 saturated carbocycles. The third-order valence-corrected chi connectivity index (χ3v) is 5.34. The number of amides is 1. The topological polar surface area (TPSA) is 90.1 Å². The Hall–Kier alpha value is -2.42. The molecule has 1 aliphatic rings. The lowest BCUT2D eigenvalue weighted by atomic mass is 10.0. The molecule has 0 saturated heterocycles. The summed E-state index contributed by atoms with van der Waals surface area (Å²) in [7, 11) is 0. The second-order valence-electron chi connectivity index (χ2n) is 5.85. The van der Waals surface area contributed by atoms with Crippen molar-refractivity contribution in [2.45, 2.75) is 37.8 Å². The Balaban J connectivity index is 1.76. The van der Waals surface area contributed by atoms with E-state index >= 15 is 0 Å². The van der Waals surface area contributed by atoms with Gasteiger partial charge in [-0.15, -0.1) is 11.8 Å². The Morgan fingerprint density at radius 3 is 2.96 bits per heavy atom. The van der Waals surface area contributed by atoms with Crippen LogP contribution < -0.4 is 5.32 Å². The minimum absolute atomic E-state index is 0.0747. The molecule has 0 spiro atoms. The minimum atomic E-state index is -0.497. The summed E-state index contributed by atoms with van der Waals surface area (Å²) in [4.78, 5) is 23.5. The van der Waals surface area contributed by atoms with E-state index < -0.39 is 4.92 Å². The van der Waals surface area contributed by atoms with Gasteiger partial charge in [-0.2, -0.15) is 5.10 Å². The number of carbonyl (C=O) groups is 1. The largest absolute Gasteiger partial charge is 0.348 e. The van der Waals surface area contributed by atoms with Gasteiger partial charge < -0.3 is 5.32 Å². The molecule has 3 rings (SSSR count). The van der Waals surface area contributed by atoms with Crippen LogP contribution in [0.4, 0.5) is 10.1 Å². The van der Waals surface area contributed by atoms with Crippen molar-refractivity contribution in [3.8, 4) is 0 Å². The SMILES string of the molecule is Cc1nn(CC(=O)N[C@@H]2CCSc3c(F)cccc32)c(C)c1[N+](=O)[O-]. The quantitative estimate of drug-likeness (QED) is 0.665. The molecule has 0 fully saturated rings. The summed E-state index contributed by atoms with van der Waals surface area (Å²) in [6.07, 6.45) is 0.699. The number of rotatable bonds is 4. The van der Waals surface area contributed by atoms with E-state index in [4.69, 9.17) is 0 Å². The number of nitro groups is 1. The molecule has 1 aromatic heterocycles. The molecular formula is C16H17FN4O3S. The standard InChI is InChI=1S/C16H17FN4O3S/c1-9-15(21(23)24)10(2)20(19-9)8-14(22)18-13-6-7-25-16-11(13)4-3-5-12(16)17/h3-5,13H,6-8H2,1-2H3,(H,18,22)/t13-/m1/s1. The first-order valence-electron chi connectivity index (χ1n) is 7.77. The number of carbonyl (C=O) groups excluding carboxylic acids is 1. The normalized spacial score (nSPS) is 16.4. The predicted molar refractivity (Wildman–Crippen MR) is 91.0 cm³/mol. The molecule has 0 unspecified atom stereocenters. The highest BCUT2D eigenvalue weighted by molar-refractivity contribution is 7.99. The van der Waals surface area contributed by atoms with Crippen molar-refractivity contribution in [1.29, 1.82) is 0 Å². The fraction of sp³-hybridized carbons (Fsp3) is 0.375. The molecule has 1 aromatic carbocycles. The molecule has 2 aromatic rings. The molecule has 1 atom stereocenters. The molecule has 25 heavy (non-hydrogen) atoms. The van der Waals surface area contributed by atoms with Crippen molar-refractivity contribution in [2.75, 3.05) is 5.75 Å². The summed E-state index contributed by atoms with van der Waals surface area (Å²) in [6.45, 7) is 2.99. The van der Waals surface area contributed by atoms with Gasteiger partial charge in [0.2, 0.25) is 5.91 Å². The van der Waals surface area contributed by atoms with Gasteiger partial charge in [-0.05, 0) is 31.9 Å². The Morgan fingerprint density at radius 1 is 1.52 bits per heavy atom. The molecule has 0 bridgehead atoms. The summed E-state index contributed by atoms with van der Waals surface area (Å²) in [5.74, 6) is 0.118. The maximum Gasteiger partial charge on any atom is 0.312 e. The van der Waals surface area contributed by atoms with Gasteiger partial charge >= 0.3 is 5.69 Å². The van der Waals surface area contributed by atoms with E-state index in [1.807, 2.05) is 6.07 Å². The number of thioether (sulfide) groups is 1. The fourth-order valence-corrected chi connectivity index (χ4v) is 4.16. The molecule has 9 heteroatoms. The average Bonchev–Trinajstić information content (AvgIpc) is 2.82. The molecule has 1 aliphatic heterocycles. The van der Waals surface area contributed by atoms with E-state index in [0.717, 1.165) is 5.56 Å². The molecule has 0 radical (unpaired) electrons. The van der Waals surface area contributed by atoms with Crippen molar-refractivity contribution in [3.05, 3.63) is 51.1 Å². The van der Waals surface area contributed by atoms with Gasteiger partial charge in [-0.25, -0.2) is 4.39 Å². The lowest BCUT2D eigenvalue weighted by Gasteiger charge is -2.26. The van der Waals surface area contributed by atoms with E-state index in [1.165, 1.54) is 29.4 Å². The van der Waals surface area contributed by atoms with Crippen LogP contribution in [-0.2, 0) is 11.3 Å². The molecule has 132 valence electrons. The van der Waals surface area contributed by atoms with E-state index in [0.29, 0.717) is 22.8 Å². The first-order chi connectivity index (χ1) is 11.9. The number of fused-ring (bicyclic) bond motifs is 1. The summed E-state index contributed by atoms with van der Waals surface area (Å²) in [6, 6.07) is 4.57. The Labute approximate surface area is 147 Å². The van der Waals surface area contributed by atoms with Gasteiger partial charge in [-0.3, -0.25) is 19.6 Å². The number of nitrogens with zero attached hydrogens (tertiary/aromatic N) is 3. The molecule has 1 amide bonds. The molecule has 0 aliphatic carbocycles. The van der Waals surface area contributed by atoms with Crippen LogP contribution in [-0.4, -0.2) is 26.4 Å². The first-order valence-corrected chi connectivity index (χ1v) is 8.76. The minimum Gasteiger partial charge on any atom is -0.348 e. The van der Waals surface area contributed by atoms with Gasteiger partial charge in [0.05, 0.1) is 11.0 Å². The van der Waals surface area contributed by atoms with Gasteiger partial charge in [0.1, 0.15) is 23.7 Å². The Bertz CT molecular complexity index is 852. The highest BCUT2D eigenvalue weighted by Gasteiger charge is 2.26. The van der Waals surface area contributed by atoms with Crippen LogP contribution in [0.15, 0.2) is 23.1 Å². The van der Waals surface area contributed by atoms with Gasteiger partial charge in [0.25, 0.3) is 0 Å². The summed E-state index contributed by atoms with van der Waals surface area (Å²) >= 11 is 1.44. The summed E-state index contributed by atoms with van der Waals surface area (Å²) < 4.78 is 15.2. The van der Waals surface area contributed by atoms with Crippen LogP contribution in [0.1, 0.15) is 29.4 Å². The third kappa shape index (κ3) is 3.37. The molecular weight excluding hydrogens is 347 g/mol. The number of aryl methyl sites for hydroxylation is 1. The van der Waals surface area contributed by atoms with Crippen LogP contribution in [0, 0.1) is 29.8 Å². The van der Waals surface area contributed by atoms with Gasteiger partial charge in [-0.1, -0.05) is 12.1 Å². The van der Waals surface area contributed by atoms with Crippen molar-refractivity contribution in [2.24, 2.45) is 0 Å². The molecule has 2 heterocycles. The van der Waals surface area contributed by atoms with Crippen molar-refractivity contribution < 1.29 is 14.1 Å². The lowest BCUT2D eigenvalue weighted by molar-refractivity contribution is -0.386. The molecule has 1 N–H and O–H groups in total. The zero-order chi connectivity index (χ0) is 18.1. The second-order valence-corrected chi connectivity index (χ2v) is 6.95. The van der Waals surface area contributed by atoms with Crippen LogP contribution in [0.3, 0.4) is 0 Å². The number of hydrogen-bond donors (Lipinski definition) is 1. The van der Waals surface area contributed by atoms with Gasteiger partial charge in [0, 0.05) is 10.6 Å². The van der Waals surface area contributed by atoms with Crippen molar-refractivity contribution >= 4 is 23.4 Å². The lowest BCUT2D eigenvalue weighted by Crippen LogP contribution is -2.33. The van der Waals surface area contributed by atoms with E-state index in [2.05, 4.69) is 10.4 Å². The number of halogens is 1. The first kappa shape index (κ1) is 17.4. The summed E-state index contributed by atoms with van der Waals surface area (Å²) in [5.41, 5.74) is 1.30. The number of aromatic nitrogens is 2. The molecule has 7 nitrogen and oxygen atoms in total. The summed E-state index contributed by atoms with van der Waals surface area (Å²) in [5, 5.41) is 18.0. The van der Waals surface area contributed by atoms with Crippen LogP contribution in [0.2, 0.25) is 0 Å². The van der Waals surface area contributed by atoms with E-state index in [-0.39, 0.29) is 35.7 Å². The van der Waals surface area contributed by atoms with E-state index in [1.54, 1.807) is 13.0 Å². The fourth-order valence-electron chi connectivity index (χ4n) is 3.02. The number of benzene rings is 1. The van der Waals surface area contributed by atoms with Crippen molar-refractivity contribution in [1.82, 2.24) is 15.1 Å². The maximum atomic E-state index is 13.9. The zero-order valence-electron chi connectivity index (χ0n) is 13.8. The van der Waals surface area contributed by atoms with Crippen molar-refractivity contribution in [3.63, 3.8) is 0 Å². The second kappa shape index (κ2) is 6.83. The number of hydrogen-bond acceptors (Lipinski definition) is 5. The Kier molecular flexibility index (Phi) is 4.76. The van der Waals surface area contributed by atoms with Crippen LogP contribution in [0.5, 0.6) is 0 Å². The van der Waals surface area contributed by atoms with Gasteiger partial charge in [0.15, 0.2) is 0 Å². The zero-order valence-corrected chi connectivity index (χ0v) is 14.6. The monoisotopic (exact) mass is 364 g/mol. The highest BCUT2D eigenvalue weighted by Crippen LogP contribution is 2.37. The number of nitrogens with one attached hydrogen (secondary N) is 1. The van der Waals surface area contributed by atoms with Crippen LogP contribution >= 0.6 is 11.8 Å². The maximum absolute atomic E-state index is 13.9. The Morgan fingerprint density at radius 2 is 2.28 bits per heavy atom. The highest BCUT2D eigenvalue weighted by atomic mass is 32.2. The average molecular weight is 364 g/mol.